The molecule has 0 aliphatic carbocycles. The van der Waals surface area contributed by atoms with Gasteiger partial charge in [-0.25, -0.2) is 9.97 Å². The number of rotatable bonds is 3. The van der Waals surface area contributed by atoms with Crippen LogP contribution >= 0.6 is 0 Å². The fraction of sp³-hybridized carbons (Fsp3) is 0.600. The molecule has 1 saturated heterocycles. The highest BCUT2D eigenvalue weighted by molar-refractivity contribution is 5.30. The van der Waals surface area contributed by atoms with E-state index >= 15 is 0 Å². The molecule has 2 heterocycles. The third kappa shape index (κ3) is 2.24. The third-order valence-electron chi connectivity index (χ3n) is 2.70. The number of hydrogen-bond donors (Lipinski definition) is 1. The summed E-state index contributed by atoms with van der Waals surface area (Å²) >= 11 is 0. The van der Waals surface area contributed by atoms with Crippen LogP contribution in [0.2, 0.25) is 0 Å². The predicted molar refractivity (Wildman–Crippen MR) is 57.6 cm³/mol. The zero-order chi connectivity index (χ0) is 10.7. The number of ether oxygens (including phenoxy) is 1. The maximum absolute atomic E-state index is 5.48. The molecular formula is C10H16N4O. The molecule has 5 heteroatoms. The molecule has 0 radical (unpaired) electrons. The fourth-order valence-corrected chi connectivity index (χ4v) is 1.63. The monoisotopic (exact) mass is 208 g/mol. The van der Waals surface area contributed by atoms with Gasteiger partial charge >= 0.3 is 0 Å². The minimum absolute atomic E-state index is 0.397. The first kappa shape index (κ1) is 10.3. The Hall–Kier alpha value is -1.20. The Labute approximate surface area is 89.3 Å². The fourth-order valence-electron chi connectivity index (χ4n) is 1.63. The van der Waals surface area contributed by atoms with Gasteiger partial charge in [-0.1, -0.05) is 0 Å². The normalized spacial score (nSPS) is 20.5. The van der Waals surface area contributed by atoms with Crippen molar-refractivity contribution < 1.29 is 4.74 Å². The molecule has 0 bridgehead atoms. The molecule has 0 amide bonds. The predicted octanol–water partition coefficient (Wildman–Crippen LogP) is 0.160. The standard InChI is InChI=1S/C10H16N4O/c1-14(9-2-3-15-7-9)10-12-5-8(4-11)6-13-10/h5-6,9H,2-4,7,11H2,1H3. The number of aromatic nitrogens is 2. The van der Waals surface area contributed by atoms with E-state index in [4.69, 9.17) is 10.5 Å². The highest BCUT2D eigenvalue weighted by Crippen LogP contribution is 2.15. The molecule has 5 nitrogen and oxygen atoms in total. The summed E-state index contributed by atoms with van der Waals surface area (Å²) in [5.41, 5.74) is 6.44. The maximum Gasteiger partial charge on any atom is 0.225 e. The number of nitrogens with two attached hydrogens (primary N) is 1. The van der Waals surface area contributed by atoms with Crippen LogP contribution in [0.5, 0.6) is 0 Å². The number of anilines is 1. The zero-order valence-corrected chi connectivity index (χ0v) is 8.89. The smallest absolute Gasteiger partial charge is 0.225 e. The lowest BCUT2D eigenvalue weighted by Gasteiger charge is -2.22. The van der Waals surface area contributed by atoms with E-state index in [0.717, 1.165) is 31.1 Å². The molecule has 1 unspecified atom stereocenters. The molecule has 0 aromatic carbocycles. The third-order valence-corrected chi connectivity index (χ3v) is 2.70. The van der Waals surface area contributed by atoms with Crippen LogP contribution in [-0.4, -0.2) is 36.3 Å². The maximum atomic E-state index is 5.48. The van der Waals surface area contributed by atoms with Crippen LogP contribution in [-0.2, 0) is 11.3 Å². The number of nitrogens with zero attached hydrogens (tertiary/aromatic N) is 3. The van der Waals surface area contributed by atoms with Gasteiger partial charge in [-0.3, -0.25) is 0 Å². The lowest BCUT2D eigenvalue weighted by atomic mass is 10.2. The van der Waals surface area contributed by atoms with Crippen molar-refractivity contribution in [2.75, 3.05) is 25.2 Å². The van der Waals surface area contributed by atoms with Gasteiger partial charge in [0.05, 0.1) is 12.6 Å². The molecule has 1 aromatic rings. The van der Waals surface area contributed by atoms with Crippen LogP contribution in [0.3, 0.4) is 0 Å². The SMILES string of the molecule is CN(c1ncc(CN)cn1)C1CCOC1. The Morgan fingerprint density at radius 1 is 1.53 bits per heavy atom. The molecule has 15 heavy (non-hydrogen) atoms. The molecule has 1 aliphatic rings. The van der Waals surface area contributed by atoms with Crippen molar-refractivity contribution in [3.63, 3.8) is 0 Å². The van der Waals surface area contributed by atoms with Crippen molar-refractivity contribution in [3.8, 4) is 0 Å². The summed E-state index contributed by atoms with van der Waals surface area (Å²) in [4.78, 5) is 10.6. The number of likely N-dealkylation sites (N-methyl/N-ethyl adjacent to an activating group) is 1. The van der Waals surface area contributed by atoms with Gasteiger partial charge in [-0.05, 0) is 6.42 Å². The van der Waals surface area contributed by atoms with Crippen LogP contribution < -0.4 is 10.6 Å². The van der Waals surface area contributed by atoms with E-state index in [1.807, 2.05) is 7.05 Å². The van der Waals surface area contributed by atoms with E-state index in [1.165, 1.54) is 0 Å². The second-order valence-corrected chi connectivity index (χ2v) is 3.72. The first-order valence-electron chi connectivity index (χ1n) is 5.13. The highest BCUT2D eigenvalue weighted by atomic mass is 16.5. The van der Waals surface area contributed by atoms with Crippen LogP contribution in [0.15, 0.2) is 12.4 Å². The molecule has 1 aromatic heterocycles. The van der Waals surface area contributed by atoms with Crippen LogP contribution in [0, 0.1) is 0 Å². The largest absolute Gasteiger partial charge is 0.379 e. The van der Waals surface area contributed by atoms with Gasteiger partial charge in [-0.15, -0.1) is 0 Å². The van der Waals surface area contributed by atoms with Crippen molar-refractivity contribution in [1.29, 1.82) is 0 Å². The lowest BCUT2D eigenvalue weighted by molar-refractivity contribution is 0.193. The number of hydrogen-bond acceptors (Lipinski definition) is 5. The quantitative estimate of drug-likeness (QED) is 0.766. The van der Waals surface area contributed by atoms with Gasteiger partial charge < -0.3 is 15.4 Å². The molecule has 0 saturated carbocycles. The van der Waals surface area contributed by atoms with Gasteiger partial charge in [0.2, 0.25) is 5.95 Å². The second kappa shape index (κ2) is 4.55. The van der Waals surface area contributed by atoms with Crippen molar-refractivity contribution in [2.45, 2.75) is 19.0 Å². The summed E-state index contributed by atoms with van der Waals surface area (Å²) < 4.78 is 5.33. The molecule has 1 fully saturated rings. The van der Waals surface area contributed by atoms with Crippen LogP contribution in [0.1, 0.15) is 12.0 Å². The van der Waals surface area contributed by atoms with Gasteiger partial charge in [0, 0.05) is 38.2 Å². The summed E-state index contributed by atoms with van der Waals surface area (Å²) in [5, 5.41) is 0. The van der Waals surface area contributed by atoms with Crippen molar-refractivity contribution >= 4 is 5.95 Å². The molecule has 2 rings (SSSR count). The van der Waals surface area contributed by atoms with Crippen LogP contribution in [0.4, 0.5) is 5.95 Å². The van der Waals surface area contributed by atoms with Crippen molar-refractivity contribution in [1.82, 2.24) is 9.97 Å². The highest BCUT2D eigenvalue weighted by Gasteiger charge is 2.21. The molecule has 1 aliphatic heterocycles. The summed E-state index contributed by atoms with van der Waals surface area (Å²) in [6.45, 7) is 2.07. The Morgan fingerprint density at radius 3 is 2.80 bits per heavy atom. The van der Waals surface area contributed by atoms with E-state index in [0.29, 0.717) is 12.6 Å². The van der Waals surface area contributed by atoms with Crippen molar-refractivity contribution in [2.24, 2.45) is 5.73 Å². The average molecular weight is 208 g/mol. The first-order valence-corrected chi connectivity index (χ1v) is 5.13. The topological polar surface area (TPSA) is 64.3 Å². The summed E-state index contributed by atoms with van der Waals surface area (Å²) in [5.74, 6) is 0.739. The van der Waals surface area contributed by atoms with Gasteiger partial charge in [0.1, 0.15) is 0 Å². The van der Waals surface area contributed by atoms with E-state index < -0.39 is 0 Å². The van der Waals surface area contributed by atoms with E-state index in [2.05, 4.69) is 14.9 Å². The Bertz CT molecular complexity index is 308. The molecule has 1 atom stereocenters. The summed E-state index contributed by atoms with van der Waals surface area (Å²) in [7, 11) is 2.00. The lowest BCUT2D eigenvalue weighted by Crippen LogP contribution is -2.33. The van der Waals surface area contributed by atoms with Gasteiger partial charge in [0.15, 0.2) is 0 Å². The minimum Gasteiger partial charge on any atom is -0.379 e. The Balaban J connectivity index is 2.07. The molecule has 82 valence electrons. The summed E-state index contributed by atoms with van der Waals surface area (Å²) in [6.07, 6.45) is 4.59. The summed E-state index contributed by atoms with van der Waals surface area (Å²) in [6, 6.07) is 0.397. The second-order valence-electron chi connectivity index (χ2n) is 3.72. The Morgan fingerprint density at radius 2 is 2.27 bits per heavy atom. The van der Waals surface area contributed by atoms with E-state index in [9.17, 15) is 0 Å². The Kier molecular flexibility index (Phi) is 3.13. The van der Waals surface area contributed by atoms with Crippen molar-refractivity contribution in [3.05, 3.63) is 18.0 Å². The minimum atomic E-state index is 0.397. The van der Waals surface area contributed by atoms with E-state index in [-0.39, 0.29) is 0 Å². The zero-order valence-electron chi connectivity index (χ0n) is 8.89. The van der Waals surface area contributed by atoms with Gasteiger partial charge in [0.25, 0.3) is 0 Å². The van der Waals surface area contributed by atoms with Gasteiger partial charge in [-0.2, -0.15) is 0 Å². The molecule has 2 N–H and O–H groups in total. The van der Waals surface area contributed by atoms with E-state index in [1.54, 1.807) is 12.4 Å². The molecular weight excluding hydrogens is 192 g/mol. The van der Waals surface area contributed by atoms with Crippen LogP contribution in [0.25, 0.3) is 0 Å². The first-order chi connectivity index (χ1) is 7.31. The average Bonchev–Trinajstić information content (AvgIpc) is 2.82. The molecule has 0 spiro atoms.